The summed E-state index contributed by atoms with van der Waals surface area (Å²) >= 11 is 6.17. The third-order valence-electron chi connectivity index (χ3n) is 4.99. The molecule has 2 aromatic rings. The maximum Gasteiger partial charge on any atom is 0.133 e. The van der Waals surface area contributed by atoms with Crippen LogP contribution in [0.4, 0.5) is 0 Å². The van der Waals surface area contributed by atoms with E-state index in [1.165, 1.54) is 12.0 Å². The summed E-state index contributed by atoms with van der Waals surface area (Å²) in [6, 6.07) is 14.1. The lowest BCUT2D eigenvalue weighted by atomic mass is 9.98. The van der Waals surface area contributed by atoms with Crippen LogP contribution in [0.2, 0.25) is 5.02 Å². The third-order valence-corrected chi connectivity index (χ3v) is 5.22. The van der Waals surface area contributed by atoms with Gasteiger partial charge in [-0.3, -0.25) is 4.90 Å². The van der Waals surface area contributed by atoms with Crippen molar-refractivity contribution in [2.24, 2.45) is 0 Å². The molecular weight excluding hydrogens is 356 g/mol. The van der Waals surface area contributed by atoms with Crippen molar-refractivity contribution in [1.82, 2.24) is 9.80 Å². The number of halogens is 1. The second-order valence-electron chi connectivity index (χ2n) is 6.84. The summed E-state index contributed by atoms with van der Waals surface area (Å²) in [5.74, 6) is 0. The molecule has 0 spiro atoms. The van der Waals surface area contributed by atoms with Crippen molar-refractivity contribution >= 4 is 11.6 Å². The molecule has 0 amide bonds. The Kier molecular flexibility index (Phi) is 8.78. The van der Waals surface area contributed by atoms with Crippen LogP contribution in [0.5, 0.6) is 0 Å². The maximum atomic E-state index is 10.8. The fraction of sp³-hybridized carbons (Fsp3) is 0.478. The lowest BCUT2D eigenvalue weighted by molar-refractivity contribution is -0.0271. The van der Waals surface area contributed by atoms with Crippen LogP contribution in [0, 0.1) is 6.92 Å². The Balaban J connectivity index is 0.00000126. The molecule has 27 heavy (non-hydrogen) atoms. The molecule has 2 aromatic carbocycles. The van der Waals surface area contributed by atoms with Gasteiger partial charge in [0.05, 0.1) is 0 Å². The van der Waals surface area contributed by atoms with E-state index in [0.717, 1.165) is 54.4 Å². The predicted octanol–water partition coefficient (Wildman–Crippen LogP) is 5.36. The van der Waals surface area contributed by atoms with Crippen LogP contribution in [-0.2, 0) is 0 Å². The average molecular weight is 389 g/mol. The van der Waals surface area contributed by atoms with E-state index in [2.05, 4.69) is 35.8 Å². The van der Waals surface area contributed by atoms with Crippen molar-refractivity contribution < 1.29 is 5.11 Å². The van der Waals surface area contributed by atoms with E-state index in [1.54, 1.807) is 0 Å². The van der Waals surface area contributed by atoms with Crippen LogP contribution in [-0.4, -0.2) is 47.6 Å². The van der Waals surface area contributed by atoms with Gasteiger partial charge in [-0.05, 0) is 60.3 Å². The maximum absolute atomic E-state index is 10.8. The molecule has 0 radical (unpaired) electrons. The second kappa shape index (κ2) is 10.8. The molecule has 3 nitrogen and oxygen atoms in total. The molecule has 0 aromatic heterocycles. The van der Waals surface area contributed by atoms with Crippen LogP contribution in [0.3, 0.4) is 0 Å². The van der Waals surface area contributed by atoms with E-state index >= 15 is 0 Å². The summed E-state index contributed by atoms with van der Waals surface area (Å²) in [6.07, 6.45) is 0.632. The van der Waals surface area contributed by atoms with Gasteiger partial charge in [0.2, 0.25) is 0 Å². The number of nitrogens with zero attached hydrogens (tertiary/aromatic N) is 2. The van der Waals surface area contributed by atoms with Gasteiger partial charge < -0.3 is 10.0 Å². The van der Waals surface area contributed by atoms with Gasteiger partial charge in [0, 0.05) is 31.2 Å². The molecule has 1 heterocycles. The molecule has 0 bridgehead atoms. The third kappa shape index (κ3) is 5.79. The lowest BCUT2D eigenvalue weighted by Crippen LogP contribution is -2.47. The fourth-order valence-corrected chi connectivity index (χ4v) is 3.70. The zero-order valence-electron chi connectivity index (χ0n) is 17.1. The molecular formula is C23H33ClN2O. The first-order valence-corrected chi connectivity index (χ1v) is 10.5. The summed E-state index contributed by atoms with van der Waals surface area (Å²) in [6.45, 7) is 13.3. The highest BCUT2D eigenvalue weighted by Gasteiger charge is 2.23. The minimum absolute atomic E-state index is 0.553. The van der Waals surface area contributed by atoms with Crippen LogP contribution in [0.15, 0.2) is 42.5 Å². The van der Waals surface area contributed by atoms with Crippen LogP contribution in [0.1, 0.15) is 44.5 Å². The standard InChI is InChI=1S/C21H27ClN2O.C2H6/c1-3-9-23-10-12-24(13-11-23)21(25)18-6-4-5-17(14-18)20-15-19(22)8-7-16(20)2;1-2/h4-8,14-15,21,25H,3,9-13H2,1-2H3;1-2H3. The SMILES string of the molecule is CC.CCCN1CCN(C(O)c2cccc(-c3cc(Cl)ccc3C)c2)CC1. The van der Waals surface area contributed by atoms with Crippen molar-refractivity contribution in [2.45, 2.75) is 40.3 Å². The summed E-state index contributed by atoms with van der Waals surface area (Å²) in [7, 11) is 0. The molecule has 4 heteroatoms. The molecule has 1 aliphatic rings. The smallest absolute Gasteiger partial charge is 0.133 e. The van der Waals surface area contributed by atoms with Gasteiger partial charge in [-0.25, -0.2) is 0 Å². The highest BCUT2D eigenvalue weighted by Crippen LogP contribution is 2.29. The summed E-state index contributed by atoms with van der Waals surface area (Å²) in [5.41, 5.74) is 4.35. The minimum Gasteiger partial charge on any atom is -0.374 e. The number of rotatable bonds is 5. The largest absolute Gasteiger partial charge is 0.374 e. The van der Waals surface area contributed by atoms with Crippen molar-refractivity contribution in [3.8, 4) is 11.1 Å². The van der Waals surface area contributed by atoms with Gasteiger partial charge >= 0.3 is 0 Å². The number of hydrogen-bond donors (Lipinski definition) is 1. The lowest BCUT2D eigenvalue weighted by Gasteiger charge is -2.37. The van der Waals surface area contributed by atoms with Gasteiger partial charge in [0.1, 0.15) is 6.23 Å². The van der Waals surface area contributed by atoms with Gasteiger partial charge in [0.15, 0.2) is 0 Å². The number of benzene rings is 2. The predicted molar refractivity (Wildman–Crippen MR) is 116 cm³/mol. The number of hydrogen-bond acceptors (Lipinski definition) is 3. The molecule has 0 aliphatic carbocycles. The Bertz CT molecular complexity index is 711. The molecule has 1 unspecified atom stereocenters. The number of aryl methyl sites for hydroxylation is 1. The molecule has 148 valence electrons. The van der Waals surface area contributed by atoms with Gasteiger partial charge in [-0.2, -0.15) is 0 Å². The van der Waals surface area contributed by atoms with Crippen molar-refractivity contribution in [2.75, 3.05) is 32.7 Å². The minimum atomic E-state index is -0.553. The van der Waals surface area contributed by atoms with Crippen molar-refractivity contribution in [3.63, 3.8) is 0 Å². The molecule has 1 fully saturated rings. The van der Waals surface area contributed by atoms with Gasteiger partial charge in [0.25, 0.3) is 0 Å². The first-order valence-electron chi connectivity index (χ1n) is 10.1. The van der Waals surface area contributed by atoms with E-state index in [9.17, 15) is 5.11 Å². The zero-order valence-corrected chi connectivity index (χ0v) is 17.8. The van der Waals surface area contributed by atoms with E-state index < -0.39 is 6.23 Å². The monoisotopic (exact) mass is 388 g/mol. The Morgan fingerprint density at radius 3 is 2.41 bits per heavy atom. The molecule has 1 atom stereocenters. The number of aliphatic hydroxyl groups excluding tert-OH is 1. The van der Waals surface area contributed by atoms with E-state index in [0.29, 0.717) is 0 Å². The van der Waals surface area contributed by atoms with Crippen molar-refractivity contribution in [3.05, 3.63) is 58.6 Å². The fourth-order valence-electron chi connectivity index (χ4n) is 3.53. The van der Waals surface area contributed by atoms with Gasteiger partial charge in [-0.15, -0.1) is 0 Å². The molecule has 0 saturated carbocycles. The Labute approximate surface area is 169 Å². The van der Waals surface area contributed by atoms with Crippen molar-refractivity contribution in [1.29, 1.82) is 0 Å². The Hall–Kier alpha value is -1.39. The zero-order chi connectivity index (χ0) is 19.8. The summed E-state index contributed by atoms with van der Waals surface area (Å²) < 4.78 is 0. The highest BCUT2D eigenvalue weighted by atomic mass is 35.5. The summed E-state index contributed by atoms with van der Waals surface area (Å²) in [4.78, 5) is 4.63. The normalized spacial score (nSPS) is 16.5. The average Bonchev–Trinajstić information content (AvgIpc) is 2.72. The second-order valence-corrected chi connectivity index (χ2v) is 7.27. The first-order chi connectivity index (χ1) is 13.1. The van der Waals surface area contributed by atoms with Crippen LogP contribution in [0.25, 0.3) is 11.1 Å². The first kappa shape index (κ1) is 21.9. The topological polar surface area (TPSA) is 26.7 Å². The number of piperazine rings is 1. The van der Waals surface area contributed by atoms with E-state index in [4.69, 9.17) is 11.6 Å². The quantitative estimate of drug-likeness (QED) is 0.746. The van der Waals surface area contributed by atoms with Crippen LogP contribution >= 0.6 is 11.6 Å². The number of aliphatic hydroxyl groups is 1. The molecule has 1 N–H and O–H groups in total. The van der Waals surface area contributed by atoms with Crippen LogP contribution < -0.4 is 0 Å². The molecule has 3 rings (SSSR count). The summed E-state index contributed by atoms with van der Waals surface area (Å²) in [5, 5.41) is 11.6. The highest BCUT2D eigenvalue weighted by molar-refractivity contribution is 6.30. The van der Waals surface area contributed by atoms with E-state index in [-0.39, 0.29) is 0 Å². The Morgan fingerprint density at radius 2 is 1.74 bits per heavy atom. The molecule has 1 aliphatic heterocycles. The van der Waals surface area contributed by atoms with Gasteiger partial charge in [-0.1, -0.05) is 56.6 Å². The molecule has 1 saturated heterocycles. The van der Waals surface area contributed by atoms with E-state index in [1.807, 2.05) is 44.2 Å². The Morgan fingerprint density at radius 1 is 1.04 bits per heavy atom.